The molecule has 1 aliphatic carbocycles. The molecule has 3 N–H and O–H groups in total. The molecule has 3 heterocycles. The first kappa shape index (κ1) is 33.4. The van der Waals surface area contributed by atoms with Gasteiger partial charge in [0.15, 0.2) is 0 Å². The van der Waals surface area contributed by atoms with Gasteiger partial charge in [-0.05, 0) is 84.5 Å². The number of hydrogen-bond acceptors (Lipinski definition) is 6. The lowest BCUT2D eigenvalue weighted by Gasteiger charge is -2.28. The summed E-state index contributed by atoms with van der Waals surface area (Å²) < 4.78 is 44.0. The lowest BCUT2D eigenvalue weighted by atomic mass is 9.96. The molecular formula is C37H37F3N4O3. The van der Waals surface area contributed by atoms with Crippen LogP contribution in [0.1, 0.15) is 53.3 Å². The summed E-state index contributed by atoms with van der Waals surface area (Å²) in [6, 6.07) is 23.3. The third-order valence-electron chi connectivity index (χ3n) is 8.14. The summed E-state index contributed by atoms with van der Waals surface area (Å²) in [5, 5.41) is 3.47. The van der Waals surface area contributed by atoms with Gasteiger partial charge in [0, 0.05) is 48.6 Å². The number of anilines is 1. The Bertz CT molecular complexity index is 1780. The number of hydrogen-bond donors (Lipinski definition) is 2. The fraction of sp³-hybridized carbons (Fsp3) is 0.270. The normalized spacial score (nSPS) is 15.5. The smallest absolute Gasteiger partial charge is 0.250 e. The third-order valence-corrected chi connectivity index (χ3v) is 8.14. The van der Waals surface area contributed by atoms with Gasteiger partial charge in [-0.15, -0.1) is 0 Å². The van der Waals surface area contributed by atoms with Crippen LogP contribution in [0.25, 0.3) is 33.2 Å². The Hall–Kier alpha value is -4.96. The van der Waals surface area contributed by atoms with Gasteiger partial charge in [0.2, 0.25) is 6.41 Å². The molecule has 0 unspecified atom stereocenters. The predicted octanol–water partition coefficient (Wildman–Crippen LogP) is 7.85. The molecule has 1 amide bonds. The average Bonchev–Trinajstić information content (AvgIpc) is 3.85. The number of halogens is 3. The molecule has 2 fully saturated rings. The van der Waals surface area contributed by atoms with Gasteiger partial charge in [-0.3, -0.25) is 9.59 Å². The summed E-state index contributed by atoms with van der Waals surface area (Å²) in [4.78, 5) is 27.4. The zero-order valence-corrected chi connectivity index (χ0v) is 26.1. The molecule has 5 aromatic rings. The molecule has 0 bridgehead atoms. The van der Waals surface area contributed by atoms with Crippen LogP contribution in [0, 0.1) is 5.82 Å². The second-order valence-corrected chi connectivity index (χ2v) is 11.9. The maximum absolute atomic E-state index is 13.4. The summed E-state index contributed by atoms with van der Waals surface area (Å²) in [5.74, 6) is -0.667. The van der Waals surface area contributed by atoms with Crippen molar-refractivity contribution in [1.82, 2.24) is 15.2 Å². The van der Waals surface area contributed by atoms with E-state index >= 15 is 0 Å². The molecule has 1 saturated heterocycles. The number of benzene rings is 3. The number of nitrogens with one attached hydrogen (secondary N) is 1. The van der Waals surface area contributed by atoms with E-state index in [1.807, 2.05) is 54.5 Å². The largest absolute Gasteiger partial charge is 0.459 e. The fourth-order valence-corrected chi connectivity index (χ4v) is 5.22. The van der Waals surface area contributed by atoms with Gasteiger partial charge in [0.25, 0.3) is 5.92 Å². The highest BCUT2D eigenvalue weighted by atomic mass is 19.3. The second-order valence-electron chi connectivity index (χ2n) is 11.9. The first-order valence-corrected chi connectivity index (χ1v) is 15.5. The summed E-state index contributed by atoms with van der Waals surface area (Å²) in [7, 11) is 1.87. The molecule has 2 aliphatic rings. The van der Waals surface area contributed by atoms with E-state index in [4.69, 9.17) is 10.2 Å². The first-order chi connectivity index (χ1) is 22.6. The van der Waals surface area contributed by atoms with Gasteiger partial charge in [0.05, 0.1) is 6.54 Å². The Kier molecular flexibility index (Phi) is 10.7. The number of fused-ring (bicyclic) bond motifs is 1. The highest BCUT2D eigenvalue weighted by molar-refractivity contribution is 5.97. The lowest BCUT2D eigenvalue weighted by molar-refractivity contribution is -0.109. The average molecular weight is 643 g/mol. The van der Waals surface area contributed by atoms with E-state index < -0.39 is 5.92 Å². The van der Waals surface area contributed by atoms with Gasteiger partial charge < -0.3 is 20.4 Å². The number of nitrogens with zero attached hydrogens (tertiary/aromatic N) is 2. The van der Waals surface area contributed by atoms with Crippen molar-refractivity contribution < 1.29 is 27.2 Å². The minimum atomic E-state index is -2.38. The molecule has 244 valence electrons. The molecule has 0 spiro atoms. The zero-order chi connectivity index (χ0) is 33.4. The number of furan rings is 1. The quantitative estimate of drug-likeness (QED) is 0.175. The van der Waals surface area contributed by atoms with Gasteiger partial charge in [-0.2, -0.15) is 0 Å². The summed E-state index contributed by atoms with van der Waals surface area (Å²) in [5.41, 5.74) is 11.6. The van der Waals surface area contributed by atoms with Crippen molar-refractivity contribution >= 4 is 29.5 Å². The highest BCUT2D eigenvalue weighted by Gasteiger charge is 2.32. The van der Waals surface area contributed by atoms with Crippen LogP contribution in [-0.4, -0.2) is 48.6 Å². The molecule has 0 atom stereocenters. The molecule has 2 aromatic heterocycles. The maximum atomic E-state index is 13.4. The van der Waals surface area contributed by atoms with Crippen LogP contribution in [0.5, 0.6) is 0 Å². The number of carbonyl (C=O) groups is 2. The molecule has 1 aliphatic heterocycles. The number of alkyl halides is 2. The number of nitrogens with two attached hydrogens (primary N) is 1. The van der Waals surface area contributed by atoms with Crippen molar-refractivity contribution in [2.75, 3.05) is 25.9 Å². The third kappa shape index (κ3) is 9.29. The topological polar surface area (TPSA) is 101 Å². The van der Waals surface area contributed by atoms with Crippen LogP contribution in [0.2, 0.25) is 0 Å². The molecular weight excluding hydrogens is 605 g/mol. The number of carbonyl (C=O) groups excluding carboxylic acids is 2. The van der Waals surface area contributed by atoms with E-state index in [0.717, 1.165) is 39.8 Å². The molecule has 47 heavy (non-hydrogen) atoms. The van der Waals surface area contributed by atoms with Crippen molar-refractivity contribution in [3.63, 3.8) is 0 Å². The Labute approximate surface area is 271 Å². The first-order valence-electron chi connectivity index (χ1n) is 15.5. The summed E-state index contributed by atoms with van der Waals surface area (Å²) in [6.45, 7) is 1.35. The Morgan fingerprint density at radius 2 is 1.62 bits per heavy atom. The van der Waals surface area contributed by atoms with Crippen LogP contribution in [0.3, 0.4) is 0 Å². The van der Waals surface area contributed by atoms with Crippen LogP contribution < -0.4 is 11.1 Å². The van der Waals surface area contributed by atoms with Gasteiger partial charge in [0.1, 0.15) is 29.3 Å². The van der Waals surface area contributed by atoms with E-state index in [0.29, 0.717) is 42.2 Å². The molecule has 7 rings (SSSR count). The number of piperidine rings is 1. The van der Waals surface area contributed by atoms with Crippen molar-refractivity contribution in [3.8, 4) is 22.3 Å². The number of amides is 1. The van der Waals surface area contributed by atoms with E-state index in [2.05, 4.69) is 16.4 Å². The van der Waals surface area contributed by atoms with Gasteiger partial charge in [-0.1, -0.05) is 42.5 Å². The molecule has 7 nitrogen and oxygen atoms in total. The SMILES string of the molecule is CN1CCC(F)(F)CC1.Nc1ccc(C2CC2)cn1.O=CNCc1cc2cc(-c3ccc(C=O)cc3)cc(-c3ccc(F)cc3)c2o1. The van der Waals surface area contributed by atoms with Crippen molar-refractivity contribution in [1.29, 1.82) is 0 Å². The van der Waals surface area contributed by atoms with Crippen molar-refractivity contribution in [2.45, 2.75) is 44.1 Å². The number of aromatic nitrogens is 1. The Morgan fingerprint density at radius 1 is 0.936 bits per heavy atom. The molecule has 1 saturated carbocycles. The molecule has 0 radical (unpaired) electrons. The van der Waals surface area contributed by atoms with Crippen molar-refractivity contribution in [3.05, 3.63) is 108 Å². The highest BCUT2D eigenvalue weighted by Crippen LogP contribution is 2.39. The number of pyridine rings is 1. The van der Waals surface area contributed by atoms with Crippen LogP contribution in [0.15, 0.2) is 89.5 Å². The maximum Gasteiger partial charge on any atom is 0.250 e. The standard InChI is InChI=1S/C23H16FNO3.C8H10N2.C6H11F2N/c24-20-7-5-17(6-8-20)22-11-18(16-3-1-15(13-26)2-4-16)9-19-10-21(12-25-14-27)28-23(19)22;9-8-4-3-7(5-10-8)6-1-2-6;1-9-4-2-6(7,8)3-5-9/h1-11,13-14H,12H2,(H,25,27);3-6H,1-2H2,(H2,9,10);2-5H2,1H3. The lowest BCUT2D eigenvalue weighted by Crippen LogP contribution is -2.36. The Balaban J connectivity index is 0.000000184. The van der Waals surface area contributed by atoms with E-state index in [9.17, 15) is 22.8 Å². The molecule has 3 aromatic carbocycles. The number of aldehydes is 1. The van der Waals surface area contributed by atoms with E-state index in [1.165, 1.54) is 30.5 Å². The van der Waals surface area contributed by atoms with E-state index in [-0.39, 0.29) is 25.2 Å². The predicted molar refractivity (Wildman–Crippen MR) is 178 cm³/mol. The Morgan fingerprint density at radius 3 is 2.19 bits per heavy atom. The van der Waals surface area contributed by atoms with Crippen LogP contribution in [0.4, 0.5) is 19.0 Å². The fourth-order valence-electron chi connectivity index (χ4n) is 5.22. The van der Waals surface area contributed by atoms with E-state index in [1.54, 1.807) is 24.3 Å². The minimum Gasteiger partial charge on any atom is -0.459 e. The number of nitrogen functional groups attached to an aromatic ring is 1. The molecule has 10 heteroatoms. The summed E-state index contributed by atoms with van der Waals surface area (Å²) in [6.07, 6.45) is 6.02. The number of likely N-dealkylation sites (tertiary alicyclic amines) is 1. The second kappa shape index (κ2) is 15.1. The van der Waals surface area contributed by atoms with Gasteiger partial charge >= 0.3 is 0 Å². The number of rotatable bonds is 7. The van der Waals surface area contributed by atoms with Crippen LogP contribution >= 0.6 is 0 Å². The zero-order valence-electron chi connectivity index (χ0n) is 26.1. The van der Waals surface area contributed by atoms with Crippen molar-refractivity contribution in [2.24, 2.45) is 0 Å². The van der Waals surface area contributed by atoms with Crippen LogP contribution in [-0.2, 0) is 11.3 Å². The van der Waals surface area contributed by atoms with Gasteiger partial charge in [-0.25, -0.2) is 18.2 Å². The monoisotopic (exact) mass is 642 g/mol. The summed E-state index contributed by atoms with van der Waals surface area (Å²) >= 11 is 0. The minimum absolute atomic E-state index is 0.0312.